The number of rotatable bonds is 3. The van der Waals surface area contributed by atoms with E-state index in [0.717, 1.165) is 49.1 Å². The minimum absolute atomic E-state index is 0.00895. The van der Waals surface area contributed by atoms with Crippen LogP contribution in [0.4, 0.5) is 5.95 Å². The zero-order valence-electron chi connectivity index (χ0n) is 15.3. The molecule has 27 heavy (non-hydrogen) atoms. The van der Waals surface area contributed by atoms with Gasteiger partial charge < -0.3 is 4.90 Å². The Morgan fingerprint density at radius 2 is 1.96 bits per heavy atom. The van der Waals surface area contributed by atoms with E-state index in [1.54, 1.807) is 28.4 Å². The fourth-order valence-corrected chi connectivity index (χ4v) is 4.15. The third kappa shape index (κ3) is 2.65. The van der Waals surface area contributed by atoms with Crippen LogP contribution in [0.5, 0.6) is 0 Å². The molecular formula is C20H21N5O2. The van der Waals surface area contributed by atoms with Gasteiger partial charge in [0.25, 0.3) is 11.1 Å². The zero-order valence-corrected chi connectivity index (χ0v) is 15.3. The Balaban J connectivity index is 1.36. The molecule has 1 aromatic carbocycles. The molecular weight excluding hydrogens is 342 g/mol. The predicted octanol–water partition coefficient (Wildman–Crippen LogP) is 1.12. The molecule has 0 N–H and O–H groups in total. The number of nitrogens with zero attached hydrogens (tertiary/aromatic N) is 5. The molecule has 2 aromatic heterocycles. The fraction of sp³-hybridized carbons (Fsp3) is 0.400. The molecule has 0 amide bonds. The molecule has 1 aliphatic carbocycles. The third-order valence-electron chi connectivity index (χ3n) is 5.65. The zero-order chi connectivity index (χ0) is 18.5. The summed E-state index contributed by atoms with van der Waals surface area (Å²) in [7, 11) is 1.76. The molecule has 1 saturated heterocycles. The lowest BCUT2D eigenvalue weighted by Gasteiger charge is -2.40. The van der Waals surface area contributed by atoms with Crippen LogP contribution in [0.1, 0.15) is 17.7 Å². The third-order valence-corrected chi connectivity index (χ3v) is 5.65. The summed E-state index contributed by atoms with van der Waals surface area (Å²) in [4.78, 5) is 31.6. The molecule has 0 bridgehead atoms. The second kappa shape index (κ2) is 6.04. The first-order valence-corrected chi connectivity index (χ1v) is 9.41. The Labute approximate surface area is 155 Å². The lowest BCUT2D eigenvalue weighted by Crippen LogP contribution is -2.51. The van der Waals surface area contributed by atoms with Gasteiger partial charge in [-0.3, -0.25) is 14.2 Å². The molecule has 7 heteroatoms. The molecule has 138 valence electrons. The minimum atomic E-state index is -0.0319. The van der Waals surface area contributed by atoms with Crippen molar-refractivity contribution >= 4 is 16.9 Å². The molecule has 1 fully saturated rings. The number of benzene rings is 1. The summed E-state index contributed by atoms with van der Waals surface area (Å²) in [5, 5.41) is 5.19. The van der Waals surface area contributed by atoms with Crippen LogP contribution in [0.25, 0.3) is 10.9 Å². The largest absolute Gasteiger partial charge is 0.341 e. The van der Waals surface area contributed by atoms with Crippen molar-refractivity contribution in [2.24, 2.45) is 13.0 Å². The van der Waals surface area contributed by atoms with Crippen molar-refractivity contribution in [1.29, 1.82) is 0 Å². The van der Waals surface area contributed by atoms with E-state index < -0.39 is 0 Å². The number of hydrogen-bond acceptors (Lipinski definition) is 5. The van der Waals surface area contributed by atoms with Gasteiger partial charge in [-0.1, -0.05) is 12.1 Å². The summed E-state index contributed by atoms with van der Waals surface area (Å²) >= 11 is 0. The van der Waals surface area contributed by atoms with Crippen molar-refractivity contribution in [2.75, 3.05) is 18.0 Å². The molecule has 0 radical (unpaired) electrons. The summed E-state index contributed by atoms with van der Waals surface area (Å²) in [5.74, 6) is 1.02. The number of fused-ring (bicyclic) bond motifs is 2. The van der Waals surface area contributed by atoms with Gasteiger partial charge in [0, 0.05) is 32.1 Å². The second-order valence-electron chi connectivity index (χ2n) is 7.55. The summed E-state index contributed by atoms with van der Waals surface area (Å²) in [6.45, 7) is 2.15. The van der Waals surface area contributed by atoms with Gasteiger partial charge in [-0.15, -0.1) is 0 Å². The van der Waals surface area contributed by atoms with Crippen LogP contribution in [-0.2, 0) is 26.4 Å². The van der Waals surface area contributed by atoms with Gasteiger partial charge in [0.05, 0.1) is 23.1 Å². The quantitative estimate of drug-likeness (QED) is 0.697. The second-order valence-corrected chi connectivity index (χ2v) is 7.55. The standard InChI is InChI=1S/C20H21N5O2/c1-23-19(27)15-6-2-3-7-17(15)21-20(23)24-10-13(11-24)12-25-18(26)9-14-5-4-8-16(14)22-25/h2-3,6-7,9,13H,4-5,8,10-12H2,1H3. The van der Waals surface area contributed by atoms with Gasteiger partial charge in [0.1, 0.15) is 0 Å². The van der Waals surface area contributed by atoms with Crippen molar-refractivity contribution in [2.45, 2.75) is 25.8 Å². The van der Waals surface area contributed by atoms with Gasteiger partial charge in [-0.05, 0) is 37.0 Å². The minimum Gasteiger partial charge on any atom is -0.341 e. The lowest BCUT2D eigenvalue weighted by atomic mass is 10.0. The molecule has 0 unspecified atom stereocenters. The van der Waals surface area contributed by atoms with Crippen molar-refractivity contribution in [1.82, 2.24) is 19.3 Å². The highest BCUT2D eigenvalue weighted by Crippen LogP contribution is 2.24. The van der Waals surface area contributed by atoms with Crippen LogP contribution in [0.15, 0.2) is 39.9 Å². The fourth-order valence-electron chi connectivity index (χ4n) is 4.15. The highest BCUT2D eigenvalue weighted by molar-refractivity contribution is 5.78. The van der Waals surface area contributed by atoms with Gasteiger partial charge >= 0.3 is 0 Å². The maximum atomic E-state index is 12.6. The molecule has 0 saturated carbocycles. The van der Waals surface area contributed by atoms with E-state index in [-0.39, 0.29) is 11.1 Å². The number of aryl methyl sites for hydroxylation is 2. The average molecular weight is 363 g/mol. The number of anilines is 1. The highest BCUT2D eigenvalue weighted by atomic mass is 16.1. The molecule has 5 rings (SSSR count). The number of aromatic nitrogens is 4. The van der Waals surface area contributed by atoms with Crippen LogP contribution >= 0.6 is 0 Å². The van der Waals surface area contributed by atoms with Gasteiger partial charge in [0.2, 0.25) is 5.95 Å². The Morgan fingerprint density at radius 3 is 2.81 bits per heavy atom. The van der Waals surface area contributed by atoms with Crippen molar-refractivity contribution < 1.29 is 0 Å². The van der Waals surface area contributed by atoms with Crippen LogP contribution in [0, 0.1) is 5.92 Å². The SMILES string of the molecule is Cn1c(N2CC(Cn3nc4c(cc3=O)CCC4)C2)nc2ccccc2c1=O. The summed E-state index contributed by atoms with van der Waals surface area (Å²) in [6, 6.07) is 9.17. The smallest absolute Gasteiger partial charge is 0.267 e. The summed E-state index contributed by atoms with van der Waals surface area (Å²) < 4.78 is 3.22. The first-order chi connectivity index (χ1) is 13.1. The van der Waals surface area contributed by atoms with E-state index in [1.807, 2.05) is 18.2 Å². The maximum Gasteiger partial charge on any atom is 0.267 e. The molecule has 3 aromatic rings. The summed E-state index contributed by atoms with van der Waals surface area (Å²) in [5.41, 5.74) is 2.86. The van der Waals surface area contributed by atoms with E-state index in [0.29, 0.717) is 23.8 Å². The van der Waals surface area contributed by atoms with Crippen molar-refractivity contribution in [3.8, 4) is 0 Å². The van der Waals surface area contributed by atoms with Crippen molar-refractivity contribution in [3.05, 3.63) is 62.3 Å². The van der Waals surface area contributed by atoms with Gasteiger partial charge in [-0.2, -0.15) is 5.10 Å². The van der Waals surface area contributed by atoms with Gasteiger partial charge in [-0.25, -0.2) is 9.67 Å². The van der Waals surface area contributed by atoms with E-state index in [1.165, 1.54) is 0 Å². The molecule has 2 aliphatic rings. The van der Waals surface area contributed by atoms with Crippen LogP contribution in [0.2, 0.25) is 0 Å². The van der Waals surface area contributed by atoms with Crippen LogP contribution < -0.4 is 16.0 Å². The number of hydrogen-bond donors (Lipinski definition) is 0. The topological polar surface area (TPSA) is 73.0 Å². The predicted molar refractivity (Wildman–Crippen MR) is 103 cm³/mol. The first kappa shape index (κ1) is 16.2. The summed E-state index contributed by atoms with van der Waals surface area (Å²) in [6.07, 6.45) is 3.03. The van der Waals surface area contributed by atoms with E-state index in [2.05, 4.69) is 15.0 Å². The van der Waals surface area contributed by atoms with Crippen molar-refractivity contribution in [3.63, 3.8) is 0 Å². The Morgan fingerprint density at radius 1 is 1.15 bits per heavy atom. The normalized spacial score (nSPS) is 16.6. The Kier molecular flexibility index (Phi) is 3.63. The molecule has 0 atom stereocenters. The lowest BCUT2D eigenvalue weighted by molar-refractivity contribution is 0.327. The van der Waals surface area contributed by atoms with E-state index >= 15 is 0 Å². The average Bonchev–Trinajstić information content (AvgIpc) is 3.08. The molecule has 7 nitrogen and oxygen atoms in total. The molecule has 3 heterocycles. The Hall–Kier alpha value is -2.96. The van der Waals surface area contributed by atoms with E-state index in [9.17, 15) is 9.59 Å². The van der Waals surface area contributed by atoms with Crippen LogP contribution in [-0.4, -0.2) is 32.4 Å². The first-order valence-electron chi connectivity index (χ1n) is 9.41. The highest BCUT2D eigenvalue weighted by Gasteiger charge is 2.31. The number of para-hydroxylation sites is 1. The molecule has 0 spiro atoms. The molecule has 1 aliphatic heterocycles. The van der Waals surface area contributed by atoms with Gasteiger partial charge in [0.15, 0.2) is 0 Å². The Bertz CT molecular complexity index is 1160. The maximum absolute atomic E-state index is 12.6. The van der Waals surface area contributed by atoms with Crippen LogP contribution in [0.3, 0.4) is 0 Å². The van der Waals surface area contributed by atoms with E-state index in [4.69, 9.17) is 0 Å². The monoisotopic (exact) mass is 363 g/mol.